The lowest BCUT2D eigenvalue weighted by molar-refractivity contribution is -0.123. The van der Waals surface area contributed by atoms with Gasteiger partial charge in [0.1, 0.15) is 5.52 Å². The number of halogens is 1. The van der Waals surface area contributed by atoms with Crippen LogP contribution in [0.3, 0.4) is 0 Å². The zero-order valence-corrected chi connectivity index (χ0v) is 13.6. The van der Waals surface area contributed by atoms with Crippen LogP contribution in [0.4, 0.5) is 0 Å². The largest absolute Gasteiger partial charge is 0.441 e. The third-order valence-corrected chi connectivity index (χ3v) is 3.34. The normalized spacial score (nSPS) is 12.0. The van der Waals surface area contributed by atoms with E-state index in [1.807, 2.05) is 25.1 Å². The van der Waals surface area contributed by atoms with Crippen molar-refractivity contribution in [3.8, 4) is 0 Å². The number of nitrogens with zero attached hydrogens (tertiary/aromatic N) is 1. The number of hydrogen-bond acceptors (Lipinski definition) is 5. The first-order chi connectivity index (χ1) is 10.1. The maximum absolute atomic E-state index is 11.7. The van der Waals surface area contributed by atoms with Gasteiger partial charge in [-0.25, -0.2) is 4.98 Å². The van der Waals surface area contributed by atoms with E-state index in [1.165, 1.54) is 0 Å². The number of oxazole rings is 1. The fourth-order valence-corrected chi connectivity index (χ4v) is 2.09. The Morgan fingerprint density at radius 3 is 2.91 bits per heavy atom. The summed E-state index contributed by atoms with van der Waals surface area (Å²) in [5, 5.41) is 2.81. The molecule has 1 aromatic carbocycles. The minimum Gasteiger partial charge on any atom is -0.441 e. The highest BCUT2D eigenvalue weighted by molar-refractivity contribution is 5.85. The molecule has 1 unspecified atom stereocenters. The molecular formula is C15H22ClN3O3. The number of methoxy groups -OCH3 is 1. The highest BCUT2D eigenvalue weighted by atomic mass is 35.5. The topological polar surface area (TPSA) is 90.4 Å². The van der Waals surface area contributed by atoms with E-state index < -0.39 is 0 Å². The van der Waals surface area contributed by atoms with E-state index in [2.05, 4.69) is 10.3 Å². The predicted octanol–water partition coefficient (Wildman–Crippen LogP) is 1.58. The Morgan fingerprint density at radius 2 is 2.27 bits per heavy atom. The monoisotopic (exact) mass is 327 g/mol. The molecule has 2 aromatic rings. The van der Waals surface area contributed by atoms with Crippen molar-refractivity contribution in [1.82, 2.24) is 10.3 Å². The number of rotatable bonds is 7. The van der Waals surface area contributed by atoms with Crippen molar-refractivity contribution in [2.24, 2.45) is 5.73 Å². The number of benzene rings is 1. The Kier molecular flexibility index (Phi) is 7.31. The second-order valence-corrected chi connectivity index (χ2v) is 4.93. The molecule has 1 amide bonds. The summed E-state index contributed by atoms with van der Waals surface area (Å²) < 4.78 is 10.7. The number of nitrogens with one attached hydrogen (secondary N) is 1. The van der Waals surface area contributed by atoms with Gasteiger partial charge in [0.25, 0.3) is 0 Å². The molecule has 0 saturated heterocycles. The number of hydrogen-bond donors (Lipinski definition) is 2. The molecule has 1 atom stereocenters. The van der Waals surface area contributed by atoms with Gasteiger partial charge in [0.2, 0.25) is 5.91 Å². The Hall–Kier alpha value is -1.63. The van der Waals surface area contributed by atoms with Crippen LogP contribution in [-0.4, -0.2) is 37.2 Å². The van der Waals surface area contributed by atoms with E-state index in [4.69, 9.17) is 14.9 Å². The Balaban J connectivity index is 0.00000242. The quantitative estimate of drug-likeness (QED) is 0.805. The van der Waals surface area contributed by atoms with E-state index in [-0.39, 0.29) is 30.8 Å². The van der Waals surface area contributed by atoms with Gasteiger partial charge in [0.05, 0.1) is 12.5 Å². The number of amides is 1. The summed E-state index contributed by atoms with van der Waals surface area (Å²) in [4.78, 5) is 16.1. The van der Waals surface area contributed by atoms with Gasteiger partial charge in [0, 0.05) is 26.6 Å². The van der Waals surface area contributed by atoms with Crippen molar-refractivity contribution in [3.63, 3.8) is 0 Å². The molecule has 0 radical (unpaired) electrons. The van der Waals surface area contributed by atoms with Crippen molar-refractivity contribution in [3.05, 3.63) is 29.7 Å². The van der Waals surface area contributed by atoms with Gasteiger partial charge in [0.15, 0.2) is 11.5 Å². The van der Waals surface area contributed by atoms with Crippen molar-refractivity contribution in [1.29, 1.82) is 0 Å². The molecule has 0 aliphatic rings. The van der Waals surface area contributed by atoms with Gasteiger partial charge < -0.3 is 20.2 Å². The third kappa shape index (κ3) is 4.69. The van der Waals surface area contributed by atoms with Gasteiger partial charge >= 0.3 is 0 Å². The van der Waals surface area contributed by atoms with Gasteiger partial charge in [-0.05, 0) is 18.6 Å². The van der Waals surface area contributed by atoms with Crippen LogP contribution in [-0.2, 0) is 16.0 Å². The molecule has 0 spiro atoms. The maximum atomic E-state index is 11.7. The minimum absolute atomic E-state index is 0. The summed E-state index contributed by atoms with van der Waals surface area (Å²) in [5.41, 5.74) is 8.21. The number of ether oxygens (including phenoxy) is 1. The van der Waals surface area contributed by atoms with E-state index in [0.717, 1.165) is 16.7 Å². The molecule has 0 fully saturated rings. The van der Waals surface area contributed by atoms with Gasteiger partial charge in [-0.1, -0.05) is 12.1 Å². The molecule has 0 aliphatic heterocycles. The number of aromatic nitrogens is 1. The minimum atomic E-state index is -0.239. The molecule has 2 rings (SSSR count). The smallest absolute Gasteiger partial charge is 0.222 e. The summed E-state index contributed by atoms with van der Waals surface area (Å²) in [6, 6.07) is 5.82. The summed E-state index contributed by atoms with van der Waals surface area (Å²) in [5.74, 6) is 0.543. The van der Waals surface area contributed by atoms with Gasteiger partial charge in [-0.15, -0.1) is 12.4 Å². The Bertz CT molecular complexity index is 611. The zero-order valence-electron chi connectivity index (χ0n) is 12.8. The fourth-order valence-electron chi connectivity index (χ4n) is 2.09. The number of fused-ring (bicyclic) bond motifs is 1. The lowest BCUT2D eigenvalue weighted by Gasteiger charge is -2.12. The molecule has 3 N–H and O–H groups in total. The average Bonchev–Trinajstić information content (AvgIpc) is 2.89. The third-order valence-electron chi connectivity index (χ3n) is 3.34. The van der Waals surface area contributed by atoms with Gasteiger partial charge in [-0.3, -0.25) is 4.79 Å². The Labute approximate surface area is 135 Å². The fraction of sp³-hybridized carbons (Fsp3) is 0.467. The lowest BCUT2D eigenvalue weighted by Crippen LogP contribution is -2.33. The molecule has 7 heteroatoms. The summed E-state index contributed by atoms with van der Waals surface area (Å²) in [6.07, 6.45) is 0.580. The molecule has 1 heterocycles. The average molecular weight is 328 g/mol. The molecule has 1 aromatic heterocycles. The van der Waals surface area contributed by atoms with E-state index >= 15 is 0 Å². The SMILES string of the molecule is COC(CN)CC(=O)NCCc1nc2c(C)cccc2o1.Cl. The first-order valence-corrected chi connectivity index (χ1v) is 6.98. The molecule has 122 valence electrons. The standard InChI is InChI=1S/C15H21N3O3.ClH/c1-10-4-3-5-12-15(10)18-14(21-12)6-7-17-13(19)8-11(9-16)20-2;/h3-5,11H,6-9,16H2,1-2H3,(H,17,19);1H. The van der Waals surface area contributed by atoms with E-state index in [1.54, 1.807) is 7.11 Å². The molecule has 22 heavy (non-hydrogen) atoms. The molecule has 6 nitrogen and oxygen atoms in total. The summed E-state index contributed by atoms with van der Waals surface area (Å²) >= 11 is 0. The second kappa shape index (κ2) is 8.73. The summed E-state index contributed by atoms with van der Waals surface area (Å²) in [7, 11) is 1.55. The van der Waals surface area contributed by atoms with Crippen LogP contribution in [0.15, 0.2) is 22.6 Å². The lowest BCUT2D eigenvalue weighted by atomic mass is 10.2. The van der Waals surface area contributed by atoms with Crippen LogP contribution in [0, 0.1) is 6.92 Å². The van der Waals surface area contributed by atoms with Gasteiger partial charge in [-0.2, -0.15) is 0 Å². The Morgan fingerprint density at radius 1 is 1.50 bits per heavy atom. The molecule has 0 aliphatic carbocycles. The van der Waals surface area contributed by atoms with Crippen LogP contribution >= 0.6 is 12.4 Å². The first kappa shape index (κ1) is 18.4. The van der Waals surface area contributed by atoms with Crippen molar-refractivity contribution >= 4 is 29.4 Å². The number of nitrogens with two attached hydrogens (primary N) is 1. The van der Waals surface area contributed by atoms with Crippen molar-refractivity contribution in [2.75, 3.05) is 20.2 Å². The highest BCUT2D eigenvalue weighted by Crippen LogP contribution is 2.18. The summed E-state index contributed by atoms with van der Waals surface area (Å²) in [6.45, 7) is 2.80. The van der Waals surface area contributed by atoms with Crippen LogP contribution in [0.2, 0.25) is 0 Å². The highest BCUT2D eigenvalue weighted by Gasteiger charge is 2.12. The van der Waals surface area contributed by atoms with E-state index in [0.29, 0.717) is 25.4 Å². The number of para-hydroxylation sites is 1. The predicted molar refractivity (Wildman–Crippen MR) is 87.2 cm³/mol. The second-order valence-electron chi connectivity index (χ2n) is 4.93. The zero-order chi connectivity index (χ0) is 15.2. The van der Waals surface area contributed by atoms with E-state index in [9.17, 15) is 4.79 Å². The first-order valence-electron chi connectivity index (χ1n) is 6.98. The van der Waals surface area contributed by atoms with Crippen molar-refractivity contribution < 1.29 is 13.9 Å². The molecule has 0 bridgehead atoms. The maximum Gasteiger partial charge on any atom is 0.222 e. The number of carbonyl (C=O) groups excluding carboxylic acids is 1. The number of carbonyl (C=O) groups is 1. The van der Waals surface area contributed by atoms with Crippen LogP contribution < -0.4 is 11.1 Å². The van der Waals surface area contributed by atoms with Crippen molar-refractivity contribution in [2.45, 2.75) is 25.9 Å². The molecular weight excluding hydrogens is 306 g/mol. The number of aryl methyl sites for hydroxylation is 1. The van der Waals surface area contributed by atoms with Crippen LogP contribution in [0.5, 0.6) is 0 Å². The van der Waals surface area contributed by atoms with Crippen LogP contribution in [0.1, 0.15) is 17.9 Å². The van der Waals surface area contributed by atoms with Crippen LogP contribution in [0.25, 0.3) is 11.1 Å². The molecule has 0 saturated carbocycles.